The number of carbonyl (C=O) groups is 1. The molecular formula is C18H20FN3O. The van der Waals surface area contributed by atoms with Gasteiger partial charge in [0.15, 0.2) is 0 Å². The van der Waals surface area contributed by atoms with Gasteiger partial charge in [-0.2, -0.15) is 0 Å². The summed E-state index contributed by atoms with van der Waals surface area (Å²) in [6.07, 6.45) is 5.39. The van der Waals surface area contributed by atoms with Crippen LogP contribution < -0.4 is 5.32 Å². The summed E-state index contributed by atoms with van der Waals surface area (Å²) in [6.45, 7) is 2.21. The van der Waals surface area contributed by atoms with Gasteiger partial charge < -0.3 is 10.2 Å². The van der Waals surface area contributed by atoms with Crippen molar-refractivity contribution in [3.05, 3.63) is 65.7 Å². The van der Waals surface area contributed by atoms with Gasteiger partial charge in [0.25, 0.3) is 0 Å². The van der Waals surface area contributed by atoms with Gasteiger partial charge in [-0.25, -0.2) is 9.18 Å². The van der Waals surface area contributed by atoms with E-state index in [2.05, 4.69) is 10.3 Å². The predicted molar refractivity (Wildman–Crippen MR) is 86.1 cm³/mol. The number of hydrogen-bond acceptors (Lipinski definition) is 2. The summed E-state index contributed by atoms with van der Waals surface area (Å²) in [7, 11) is 0. The predicted octanol–water partition coefficient (Wildman–Crippen LogP) is 3.66. The van der Waals surface area contributed by atoms with Crippen LogP contribution in [-0.2, 0) is 6.54 Å². The van der Waals surface area contributed by atoms with E-state index in [9.17, 15) is 9.18 Å². The molecule has 1 heterocycles. The number of rotatable bonds is 5. The molecular weight excluding hydrogens is 293 g/mol. The number of aromatic nitrogens is 1. The highest BCUT2D eigenvalue weighted by molar-refractivity contribution is 5.75. The maximum absolute atomic E-state index is 13.9. The molecule has 5 heteroatoms. The molecule has 120 valence electrons. The average molecular weight is 313 g/mol. The molecule has 1 fully saturated rings. The molecule has 1 aromatic heterocycles. The van der Waals surface area contributed by atoms with Gasteiger partial charge in [-0.15, -0.1) is 0 Å². The van der Waals surface area contributed by atoms with Crippen molar-refractivity contribution in [3.63, 3.8) is 0 Å². The van der Waals surface area contributed by atoms with E-state index in [1.807, 2.05) is 19.1 Å². The third-order valence-electron chi connectivity index (χ3n) is 4.07. The van der Waals surface area contributed by atoms with Crippen molar-refractivity contribution in [2.75, 3.05) is 0 Å². The lowest BCUT2D eigenvalue weighted by Crippen LogP contribution is -2.42. The first-order chi connectivity index (χ1) is 11.1. The Morgan fingerprint density at radius 3 is 2.78 bits per heavy atom. The summed E-state index contributed by atoms with van der Waals surface area (Å²) in [5, 5.41) is 2.98. The first kappa shape index (κ1) is 15.5. The van der Waals surface area contributed by atoms with Crippen LogP contribution >= 0.6 is 0 Å². The van der Waals surface area contributed by atoms with Gasteiger partial charge in [0, 0.05) is 24.0 Å². The summed E-state index contributed by atoms with van der Waals surface area (Å²) in [5.74, 6) is -0.272. The Bertz CT molecular complexity index is 673. The molecule has 0 spiro atoms. The van der Waals surface area contributed by atoms with Crippen LogP contribution in [0.2, 0.25) is 0 Å². The Hall–Kier alpha value is -2.43. The van der Waals surface area contributed by atoms with Crippen LogP contribution in [-0.4, -0.2) is 22.0 Å². The zero-order valence-corrected chi connectivity index (χ0v) is 13.1. The summed E-state index contributed by atoms with van der Waals surface area (Å²) in [5.41, 5.74) is 1.49. The fourth-order valence-corrected chi connectivity index (χ4v) is 2.55. The molecule has 0 aliphatic heterocycles. The number of urea groups is 1. The van der Waals surface area contributed by atoms with Crippen LogP contribution in [0.1, 0.15) is 36.9 Å². The largest absolute Gasteiger partial charge is 0.331 e. The summed E-state index contributed by atoms with van der Waals surface area (Å²) in [4.78, 5) is 18.4. The molecule has 2 amide bonds. The lowest BCUT2D eigenvalue weighted by Gasteiger charge is -2.25. The highest BCUT2D eigenvalue weighted by Crippen LogP contribution is 2.29. The quantitative estimate of drug-likeness (QED) is 0.915. The number of halogens is 1. The van der Waals surface area contributed by atoms with Gasteiger partial charge in [0.2, 0.25) is 0 Å². The third-order valence-corrected chi connectivity index (χ3v) is 4.07. The van der Waals surface area contributed by atoms with Crippen LogP contribution in [0.4, 0.5) is 9.18 Å². The van der Waals surface area contributed by atoms with Crippen LogP contribution in [0.15, 0.2) is 48.8 Å². The Balaban J connectivity index is 1.69. The Labute approximate surface area is 135 Å². The van der Waals surface area contributed by atoms with Gasteiger partial charge in [-0.1, -0.05) is 24.3 Å². The van der Waals surface area contributed by atoms with E-state index in [-0.39, 0.29) is 23.9 Å². The number of benzene rings is 1. The monoisotopic (exact) mass is 313 g/mol. The minimum absolute atomic E-state index is 0.141. The van der Waals surface area contributed by atoms with Crippen molar-refractivity contribution in [3.8, 4) is 0 Å². The normalized spacial score (nSPS) is 15.0. The summed E-state index contributed by atoms with van der Waals surface area (Å²) < 4.78 is 13.9. The maximum atomic E-state index is 13.9. The number of nitrogens with one attached hydrogen (secondary N) is 1. The minimum atomic E-state index is -0.272. The maximum Gasteiger partial charge on any atom is 0.318 e. The van der Waals surface area contributed by atoms with E-state index in [0.717, 1.165) is 18.4 Å². The van der Waals surface area contributed by atoms with Gasteiger partial charge in [0.05, 0.1) is 12.6 Å². The molecule has 1 aliphatic carbocycles. The molecule has 3 rings (SSSR count). The van der Waals surface area contributed by atoms with Gasteiger partial charge >= 0.3 is 6.03 Å². The van der Waals surface area contributed by atoms with Gasteiger partial charge in [-0.05, 0) is 37.5 Å². The first-order valence-corrected chi connectivity index (χ1v) is 7.85. The molecule has 0 radical (unpaired) electrons. The average Bonchev–Trinajstić information content (AvgIpc) is 3.39. The molecule has 1 aliphatic rings. The molecule has 0 bridgehead atoms. The minimum Gasteiger partial charge on any atom is -0.331 e. The second kappa shape index (κ2) is 6.77. The van der Waals surface area contributed by atoms with Gasteiger partial charge in [0.1, 0.15) is 5.82 Å². The Morgan fingerprint density at radius 1 is 1.35 bits per heavy atom. The van der Waals surface area contributed by atoms with Crippen molar-refractivity contribution < 1.29 is 9.18 Å². The van der Waals surface area contributed by atoms with Gasteiger partial charge in [-0.3, -0.25) is 4.98 Å². The highest BCUT2D eigenvalue weighted by atomic mass is 19.1. The zero-order valence-electron chi connectivity index (χ0n) is 13.1. The van der Waals surface area contributed by atoms with Crippen LogP contribution in [0.25, 0.3) is 0 Å². The molecule has 2 aromatic rings. The summed E-state index contributed by atoms with van der Waals surface area (Å²) >= 11 is 0. The fourth-order valence-electron chi connectivity index (χ4n) is 2.55. The lowest BCUT2D eigenvalue weighted by atomic mass is 10.1. The van der Waals surface area contributed by atoms with E-state index in [1.54, 1.807) is 35.5 Å². The Kier molecular flexibility index (Phi) is 4.55. The molecule has 1 atom stereocenters. The van der Waals surface area contributed by atoms with E-state index >= 15 is 0 Å². The van der Waals surface area contributed by atoms with Crippen molar-refractivity contribution in [2.45, 2.75) is 38.4 Å². The zero-order chi connectivity index (χ0) is 16.2. The van der Waals surface area contributed by atoms with E-state index in [4.69, 9.17) is 0 Å². The smallest absolute Gasteiger partial charge is 0.318 e. The van der Waals surface area contributed by atoms with Crippen molar-refractivity contribution in [2.24, 2.45) is 0 Å². The fraction of sp³-hybridized carbons (Fsp3) is 0.333. The molecule has 1 saturated carbocycles. The van der Waals surface area contributed by atoms with Crippen molar-refractivity contribution in [1.29, 1.82) is 0 Å². The molecule has 1 unspecified atom stereocenters. The molecule has 1 aromatic carbocycles. The lowest BCUT2D eigenvalue weighted by molar-refractivity contribution is 0.188. The van der Waals surface area contributed by atoms with Crippen LogP contribution in [0, 0.1) is 5.82 Å². The number of amides is 2. The van der Waals surface area contributed by atoms with E-state index in [0.29, 0.717) is 12.1 Å². The SMILES string of the molecule is CC(NC(=O)N(Cc1ccccc1F)C1CC1)c1cccnc1. The van der Waals surface area contributed by atoms with Crippen LogP contribution in [0.5, 0.6) is 0 Å². The van der Waals surface area contributed by atoms with Crippen LogP contribution in [0.3, 0.4) is 0 Å². The second-order valence-electron chi connectivity index (χ2n) is 5.91. The summed E-state index contributed by atoms with van der Waals surface area (Å²) in [6, 6.07) is 10.3. The molecule has 0 saturated heterocycles. The van der Waals surface area contributed by atoms with Crippen molar-refractivity contribution >= 4 is 6.03 Å². The van der Waals surface area contributed by atoms with E-state index in [1.165, 1.54) is 6.07 Å². The second-order valence-corrected chi connectivity index (χ2v) is 5.91. The molecule has 23 heavy (non-hydrogen) atoms. The Morgan fingerprint density at radius 2 is 2.13 bits per heavy atom. The number of carbonyl (C=O) groups excluding carboxylic acids is 1. The molecule has 4 nitrogen and oxygen atoms in total. The standard InChI is InChI=1S/C18H20FN3O/c1-13(14-6-4-10-20-11-14)21-18(23)22(16-8-9-16)12-15-5-2-3-7-17(15)19/h2-7,10-11,13,16H,8-9,12H2,1H3,(H,21,23). The van der Waals surface area contributed by atoms with Crippen molar-refractivity contribution in [1.82, 2.24) is 15.2 Å². The number of nitrogens with zero attached hydrogens (tertiary/aromatic N) is 2. The topological polar surface area (TPSA) is 45.2 Å². The van der Waals surface area contributed by atoms with E-state index < -0.39 is 0 Å². The third kappa shape index (κ3) is 3.86. The first-order valence-electron chi connectivity index (χ1n) is 7.85. The number of pyridine rings is 1. The molecule has 1 N–H and O–H groups in total. The highest BCUT2D eigenvalue weighted by Gasteiger charge is 2.33. The number of hydrogen-bond donors (Lipinski definition) is 1.